The highest BCUT2D eigenvalue weighted by Crippen LogP contribution is 2.18. The molecule has 3 N–H and O–H groups in total. The second kappa shape index (κ2) is 12.8. The van der Waals surface area contributed by atoms with E-state index in [0.717, 1.165) is 51.3 Å². The second-order valence-corrected chi connectivity index (χ2v) is 6.28. The summed E-state index contributed by atoms with van der Waals surface area (Å²) in [5.74, 6) is 1.83. The summed E-state index contributed by atoms with van der Waals surface area (Å²) < 4.78 is 0. The van der Waals surface area contributed by atoms with E-state index in [-0.39, 0.29) is 6.61 Å². The van der Waals surface area contributed by atoms with Crippen molar-refractivity contribution in [3.05, 3.63) is 35.9 Å². The van der Waals surface area contributed by atoms with E-state index < -0.39 is 0 Å². The Hall–Kier alpha value is -1.55. The fourth-order valence-electron chi connectivity index (χ4n) is 2.92. The number of benzene rings is 1. The molecule has 1 rings (SSSR count). The number of nitrogens with one attached hydrogen (secondary N) is 2. The molecule has 4 heteroatoms. The lowest BCUT2D eigenvalue weighted by Crippen LogP contribution is -2.39. The molecule has 0 amide bonds. The van der Waals surface area contributed by atoms with Gasteiger partial charge in [-0.3, -0.25) is 4.99 Å². The van der Waals surface area contributed by atoms with Gasteiger partial charge in [-0.2, -0.15) is 0 Å². The number of rotatable bonds is 11. The van der Waals surface area contributed by atoms with E-state index in [9.17, 15) is 5.11 Å². The van der Waals surface area contributed by atoms with Crippen LogP contribution in [0.4, 0.5) is 0 Å². The van der Waals surface area contributed by atoms with E-state index in [0.29, 0.717) is 11.8 Å². The van der Waals surface area contributed by atoms with Crippen LogP contribution in [0.2, 0.25) is 0 Å². The molecular formula is C20H35N3O. The molecule has 0 radical (unpaired) electrons. The molecule has 4 nitrogen and oxygen atoms in total. The normalized spacial score (nSPS) is 14.2. The van der Waals surface area contributed by atoms with Gasteiger partial charge in [0.15, 0.2) is 5.96 Å². The average Bonchev–Trinajstić information content (AvgIpc) is 2.61. The Balaban J connectivity index is 2.61. The van der Waals surface area contributed by atoms with Gasteiger partial charge in [0.25, 0.3) is 0 Å². The van der Waals surface area contributed by atoms with Crippen molar-refractivity contribution in [3.63, 3.8) is 0 Å². The van der Waals surface area contributed by atoms with E-state index in [1.807, 2.05) is 0 Å². The summed E-state index contributed by atoms with van der Waals surface area (Å²) in [6.45, 7) is 9.24. The maximum absolute atomic E-state index is 9.19. The van der Waals surface area contributed by atoms with Gasteiger partial charge in [-0.25, -0.2) is 0 Å². The topological polar surface area (TPSA) is 56.7 Å². The van der Waals surface area contributed by atoms with Crippen molar-refractivity contribution in [1.29, 1.82) is 0 Å². The SMILES string of the molecule is CCCC(CCO)CN=C(NCC)NCC(CC)c1ccccc1. The fraction of sp³-hybridized carbons (Fsp3) is 0.650. The Kier molecular flexibility index (Phi) is 10.9. The van der Waals surface area contributed by atoms with Crippen LogP contribution in [0.3, 0.4) is 0 Å². The predicted octanol–water partition coefficient (Wildman–Crippen LogP) is 3.53. The van der Waals surface area contributed by atoms with E-state index in [1.54, 1.807) is 0 Å². The Morgan fingerprint density at radius 2 is 1.83 bits per heavy atom. The third-order valence-electron chi connectivity index (χ3n) is 4.37. The summed E-state index contributed by atoms with van der Waals surface area (Å²) in [5.41, 5.74) is 1.37. The van der Waals surface area contributed by atoms with Crippen LogP contribution < -0.4 is 10.6 Å². The molecule has 1 aromatic carbocycles. The van der Waals surface area contributed by atoms with Gasteiger partial charge in [0.05, 0.1) is 0 Å². The number of nitrogens with zero attached hydrogens (tertiary/aromatic N) is 1. The molecule has 1 aromatic rings. The molecule has 2 atom stereocenters. The van der Waals surface area contributed by atoms with Crippen LogP contribution in [0.1, 0.15) is 57.9 Å². The predicted molar refractivity (Wildman–Crippen MR) is 104 cm³/mol. The molecule has 0 fully saturated rings. The number of aliphatic imine (C=N–C) groups is 1. The monoisotopic (exact) mass is 333 g/mol. The van der Waals surface area contributed by atoms with Crippen molar-refractivity contribution < 1.29 is 5.11 Å². The van der Waals surface area contributed by atoms with Crippen molar-refractivity contribution in [2.45, 2.75) is 52.4 Å². The van der Waals surface area contributed by atoms with Gasteiger partial charge < -0.3 is 15.7 Å². The van der Waals surface area contributed by atoms with Crippen LogP contribution in [-0.4, -0.2) is 37.3 Å². The Morgan fingerprint density at radius 3 is 2.42 bits per heavy atom. The maximum Gasteiger partial charge on any atom is 0.191 e. The van der Waals surface area contributed by atoms with Crippen LogP contribution in [0, 0.1) is 5.92 Å². The average molecular weight is 334 g/mol. The zero-order valence-corrected chi connectivity index (χ0v) is 15.6. The zero-order chi connectivity index (χ0) is 17.6. The summed E-state index contributed by atoms with van der Waals surface area (Å²) in [5, 5.41) is 16.0. The Morgan fingerprint density at radius 1 is 1.08 bits per heavy atom. The summed E-state index contributed by atoms with van der Waals surface area (Å²) in [7, 11) is 0. The zero-order valence-electron chi connectivity index (χ0n) is 15.6. The minimum absolute atomic E-state index is 0.246. The van der Waals surface area contributed by atoms with Gasteiger partial charge in [-0.1, -0.05) is 50.6 Å². The fourth-order valence-corrected chi connectivity index (χ4v) is 2.92. The molecule has 0 aliphatic rings. The highest BCUT2D eigenvalue weighted by molar-refractivity contribution is 5.79. The molecule has 0 heterocycles. The number of aliphatic hydroxyl groups is 1. The first kappa shape index (κ1) is 20.5. The van der Waals surface area contributed by atoms with E-state index in [4.69, 9.17) is 4.99 Å². The Labute approximate surface area is 147 Å². The Bertz CT molecular complexity index is 441. The number of guanidine groups is 1. The standard InChI is InChI=1S/C20H35N3O/c1-4-10-17(13-14-24)15-22-20(21-6-3)23-16-18(5-2)19-11-8-7-9-12-19/h7-9,11-12,17-18,24H,4-6,10,13-16H2,1-3H3,(H2,21,22,23). The van der Waals surface area contributed by atoms with E-state index in [2.05, 4.69) is 61.7 Å². The molecule has 0 aliphatic carbocycles. The van der Waals surface area contributed by atoms with Crippen molar-refractivity contribution in [2.75, 3.05) is 26.2 Å². The van der Waals surface area contributed by atoms with Gasteiger partial charge >= 0.3 is 0 Å². The van der Waals surface area contributed by atoms with Crippen molar-refractivity contribution in [2.24, 2.45) is 10.9 Å². The van der Waals surface area contributed by atoms with Crippen molar-refractivity contribution >= 4 is 5.96 Å². The minimum Gasteiger partial charge on any atom is -0.396 e. The molecule has 2 unspecified atom stereocenters. The molecule has 0 spiro atoms. The van der Waals surface area contributed by atoms with E-state index in [1.165, 1.54) is 5.56 Å². The van der Waals surface area contributed by atoms with Gasteiger partial charge in [0.1, 0.15) is 0 Å². The highest BCUT2D eigenvalue weighted by atomic mass is 16.3. The molecule has 0 aliphatic heterocycles. The molecule has 0 aromatic heterocycles. The largest absolute Gasteiger partial charge is 0.396 e. The molecular weight excluding hydrogens is 298 g/mol. The molecule has 136 valence electrons. The number of aliphatic hydroxyl groups excluding tert-OH is 1. The van der Waals surface area contributed by atoms with Crippen LogP contribution in [-0.2, 0) is 0 Å². The van der Waals surface area contributed by atoms with Gasteiger partial charge in [-0.15, -0.1) is 0 Å². The lowest BCUT2D eigenvalue weighted by molar-refractivity contribution is 0.253. The maximum atomic E-state index is 9.19. The summed E-state index contributed by atoms with van der Waals surface area (Å²) in [6, 6.07) is 10.6. The van der Waals surface area contributed by atoms with Crippen LogP contribution in [0.5, 0.6) is 0 Å². The first-order valence-corrected chi connectivity index (χ1v) is 9.43. The first-order valence-electron chi connectivity index (χ1n) is 9.43. The quantitative estimate of drug-likeness (QED) is 0.429. The van der Waals surface area contributed by atoms with E-state index >= 15 is 0 Å². The number of hydrogen-bond acceptors (Lipinski definition) is 2. The third kappa shape index (κ3) is 7.82. The van der Waals surface area contributed by atoms with Gasteiger partial charge in [0.2, 0.25) is 0 Å². The highest BCUT2D eigenvalue weighted by Gasteiger charge is 2.11. The van der Waals surface area contributed by atoms with Crippen molar-refractivity contribution in [3.8, 4) is 0 Å². The molecule has 0 saturated heterocycles. The van der Waals surface area contributed by atoms with Crippen molar-refractivity contribution in [1.82, 2.24) is 10.6 Å². The summed E-state index contributed by atoms with van der Waals surface area (Å²) >= 11 is 0. The first-order chi connectivity index (χ1) is 11.7. The summed E-state index contributed by atoms with van der Waals surface area (Å²) in [4.78, 5) is 4.73. The summed E-state index contributed by atoms with van der Waals surface area (Å²) in [6.07, 6.45) is 4.18. The smallest absolute Gasteiger partial charge is 0.191 e. The minimum atomic E-state index is 0.246. The lowest BCUT2D eigenvalue weighted by atomic mass is 9.97. The second-order valence-electron chi connectivity index (χ2n) is 6.28. The lowest BCUT2D eigenvalue weighted by Gasteiger charge is -2.19. The molecule has 24 heavy (non-hydrogen) atoms. The molecule has 0 bridgehead atoms. The van der Waals surface area contributed by atoms with Crippen LogP contribution >= 0.6 is 0 Å². The van der Waals surface area contributed by atoms with Crippen LogP contribution in [0.15, 0.2) is 35.3 Å². The number of hydrogen-bond donors (Lipinski definition) is 3. The third-order valence-corrected chi connectivity index (χ3v) is 4.37. The van der Waals surface area contributed by atoms with Gasteiger partial charge in [-0.05, 0) is 37.7 Å². The molecule has 0 saturated carbocycles. The van der Waals surface area contributed by atoms with Crippen LogP contribution in [0.25, 0.3) is 0 Å². The van der Waals surface area contributed by atoms with Gasteiger partial charge in [0, 0.05) is 32.2 Å².